The Labute approximate surface area is 109 Å². The predicted octanol–water partition coefficient (Wildman–Crippen LogP) is 2.68. The number of hydrogen-bond acceptors (Lipinski definition) is 2. The molecule has 0 fully saturated rings. The van der Waals surface area contributed by atoms with Crippen LogP contribution in [0.4, 0.5) is 0 Å². The van der Waals surface area contributed by atoms with Gasteiger partial charge < -0.3 is 10.4 Å². The fraction of sp³-hybridized carbons (Fsp3) is 0.500. The van der Waals surface area contributed by atoms with Crippen LogP contribution < -0.4 is 5.32 Å². The third kappa shape index (κ3) is 2.11. The second-order valence-electron chi connectivity index (χ2n) is 5.59. The topological polar surface area (TPSA) is 32.3 Å². The standard InChI is InChI=1S/C16H21NO/c1-11-8-13(10-17-9-11)14-6-2-4-12-5-3-7-15(18)16(12)14/h2,4,6,8,11,15,17-18H,3,5,7,9-10H2,1H3/t11-,15?/m1/s1. The van der Waals surface area contributed by atoms with E-state index in [-0.39, 0.29) is 6.10 Å². The van der Waals surface area contributed by atoms with Gasteiger partial charge in [0.2, 0.25) is 0 Å². The molecule has 0 saturated heterocycles. The SMILES string of the molecule is C[C@@H]1C=C(c2cccc3c2C(O)CCC3)CNC1. The average molecular weight is 243 g/mol. The second-order valence-corrected chi connectivity index (χ2v) is 5.59. The second kappa shape index (κ2) is 4.87. The fourth-order valence-electron chi connectivity index (χ4n) is 3.22. The lowest BCUT2D eigenvalue weighted by atomic mass is 9.83. The number of benzene rings is 1. The molecule has 2 N–H and O–H groups in total. The quantitative estimate of drug-likeness (QED) is 0.795. The Morgan fingerprint density at radius 1 is 1.33 bits per heavy atom. The third-order valence-electron chi connectivity index (χ3n) is 4.07. The normalized spacial score (nSPS) is 27.6. The van der Waals surface area contributed by atoms with Gasteiger partial charge in [-0.05, 0) is 47.4 Å². The van der Waals surface area contributed by atoms with Crippen molar-refractivity contribution in [3.05, 3.63) is 41.0 Å². The number of aliphatic hydroxyl groups is 1. The molecule has 2 heteroatoms. The van der Waals surface area contributed by atoms with Gasteiger partial charge in [-0.2, -0.15) is 0 Å². The van der Waals surface area contributed by atoms with Crippen molar-refractivity contribution < 1.29 is 5.11 Å². The lowest BCUT2D eigenvalue weighted by Gasteiger charge is -2.27. The van der Waals surface area contributed by atoms with Crippen molar-refractivity contribution in [1.82, 2.24) is 5.32 Å². The van der Waals surface area contributed by atoms with Crippen molar-refractivity contribution in [1.29, 1.82) is 0 Å². The van der Waals surface area contributed by atoms with E-state index in [2.05, 4.69) is 36.5 Å². The molecular formula is C16H21NO. The fourth-order valence-corrected chi connectivity index (χ4v) is 3.22. The minimum Gasteiger partial charge on any atom is -0.388 e. The predicted molar refractivity (Wildman–Crippen MR) is 74.4 cm³/mol. The third-order valence-corrected chi connectivity index (χ3v) is 4.07. The van der Waals surface area contributed by atoms with Gasteiger partial charge in [-0.1, -0.05) is 31.2 Å². The van der Waals surface area contributed by atoms with Gasteiger partial charge >= 0.3 is 0 Å². The van der Waals surface area contributed by atoms with Crippen LogP contribution in [0.1, 0.15) is 42.6 Å². The Kier molecular flexibility index (Phi) is 3.23. The summed E-state index contributed by atoms with van der Waals surface area (Å²) in [6.45, 7) is 4.21. The molecule has 1 aromatic rings. The molecule has 2 nitrogen and oxygen atoms in total. The Morgan fingerprint density at radius 2 is 2.22 bits per heavy atom. The van der Waals surface area contributed by atoms with Crippen LogP contribution >= 0.6 is 0 Å². The van der Waals surface area contributed by atoms with E-state index in [4.69, 9.17) is 0 Å². The highest BCUT2D eigenvalue weighted by Crippen LogP contribution is 2.35. The van der Waals surface area contributed by atoms with Gasteiger partial charge in [0.05, 0.1) is 6.10 Å². The molecule has 1 aromatic carbocycles. The maximum Gasteiger partial charge on any atom is 0.0798 e. The molecule has 0 radical (unpaired) electrons. The van der Waals surface area contributed by atoms with Crippen LogP contribution in [0, 0.1) is 5.92 Å². The number of rotatable bonds is 1. The smallest absolute Gasteiger partial charge is 0.0798 e. The summed E-state index contributed by atoms with van der Waals surface area (Å²) in [5, 5.41) is 13.7. The monoisotopic (exact) mass is 243 g/mol. The summed E-state index contributed by atoms with van der Waals surface area (Å²) >= 11 is 0. The van der Waals surface area contributed by atoms with E-state index in [1.807, 2.05) is 0 Å². The van der Waals surface area contributed by atoms with Crippen LogP contribution in [0.15, 0.2) is 24.3 Å². The molecule has 18 heavy (non-hydrogen) atoms. The molecule has 2 aliphatic rings. The van der Waals surface area contributed by atoms with Crippen LogP contribution in [-0.2, 0) is 6.42 Å². The zero-order valence-electron chi connectivity index (χ0n) is 10.9. The first-order valence-corrected chi connectivity index (χ1v) is 6.97. The van der Waals surface area contributed by atoms with Gasteiger partial charge in [0.15, 0.2) is 0 Å². The molecule has 1 heterocycles. The minimum atomic E-state index is -0.275. The molecular weight excluding hydrogens is 222 g/mol. The van der Waals surface area contributed by atoms with Gasteiger partial charge in [0.25, 0.3) is 0 Å². The van der Waals surface area contributed by atoms with Crippen LogP contribution in [-0.4, -0.2) is 18.2 Å². The van der Waals surface area contributed by atoms with Gasteiger partial charge in [-0.15, -0.1) is 0 Å². The van der Waals surface area contributed by atoms with E-state index in [0.29, 0.717) is 5.92 Å². The molecule has 1 aliphatic carbocycles. The van der Waals surface area contributed by atoms with E-state index < -0.39 is 0 Å². The van der Waals surface area contributed by atoms with Gasteiger partial charge in [0.1, 0.15) is 0 Å². The van der Waals surface area contributed by atoms with Crippen molar-refractivity contribution in [2.45, 2.75) is 32.3 Å². The summed E-state index contributed by atoms with van der Waals surface area (Å²) in [6.07, 6.45) is 5.19. The van der Waals surface area contributed by atoms with Crippen LogP contribution in [0.3, 0.4) is 0 Å². The number of aryl methyl sites for hydroxylation is 1. The maximum atomic E-state index is 10.3. The Balaban J connectivity index is 2.07. The summed E-state index contributed by atoms with van der Waals surface area (Å²) in [6, 6.07) is 6.46. The molecule has 0 bridgehead atoms. The summed E-state index contributed by atoms with van der Waals surface area (Å²) in [5.74, 6) is 0.574. The first-order chi connectivity index (χ1) is 8.75. The molecule has 0 aromatic heterocycles. The zero-order valence-corrected chi connectivity index (χ0v) is 10.9. The van der Waals surface area contributed by atoms with Crippen molar-refractivity contribution in [2.75, 3.05) is 13.1 Å². The van der Waals surface area contributed by atoms with E-state index >= 15 is 0 Å². The van der Waals surface area contributed by atoms with Crippen LogP contribution in [0.25, 0.3) is 5.57 Å². The first-order valence-electron chi connectivity index (χ1n) is 6.97. The summed E-state index contributed by atoms with van der Waals surface area (Å²) in [7, 11) is 0. The first kappa shape index (κ1) is 11.9. The van der Waals surface area contributed by atoms with Crippen LogP contribution in [0.2, 0.25) is 0 Å². The number of aliphatic hydroxyl groups excluding tert-OH is 1. The lowest BCUT2D eigenvalue weighted by Crippen LogP contribution is -2.28. The zero-order chi connectivity index (χ0) is 12.5. The number of fused-ring (bicyclic) bond motifs is 1. The Hall–Kier alpha value is -1.12. The summed E-state index contributed by atoms with van der Waals surface area (Å²) < 4.78 is 0. The molecule has 96 valence electrons. The summed E-state index contributed by atoms with van der Waals surface area (Å²) in [5.41, 5.74) is 5.14. The van der Waals surface area contributed by atoms with E-state index in [9.17, 15) is 5.11 Å². The molecule has 1 unspecified atom stereocenters. The van der Waals surface area contributed by atoms with Crippen molar-refractivity contribution in [2.24, 2.45) is 5.92 Å². The van der Waals surface area contributed by atoms with Crippen molar-refractivity contribution in [3.8, 4) is 0 Å². The highest BCUT2D eigenvalue weighted by atomic mass is 16.3. The molecule has 0 amide bonds. The number of hydrogen-bond donors (Lipinski definition) is 2. The van der Waals surface area contributed by atoms with Gasteiger partial charge in [0, 0.05) is 13.1 Å². The maximum absolute atomic E-state index is 10.3. The molecule has 3 rings (SSSR count). The highest BCUT2D eigenvalue weighted by Gasteiger charge is 2.23. The average Bonchev–Trinajstić information content (AvgIpc) is 2.38. The van der Waals surface area contributed by atoms with Crippen LogP contribution in [0.5, 0.6) is 0 Å². The van der Waals surface area contributed by atoms with E-state index in [1.165, 1.54) is 22.3 Å². The van der Waals surface area contributed by atoms with Crippen molar-refractivity contribution >= 4 is 5.57 Å². The van der Waals surface area contributed by atoms with Crippen molar-refractivity contribution in [3.63, 3.8) is 0 Å². The Bertz CT molecular complexity index is 478. The molecule has 1 aliphatic heterocycles. The minimum absolute atomic E-state index is 0.275. The van der Waals surface area contributed by atoms with Gasteiger partial charge in [-0.25, -0.2) is 0 Å². The van der Waals surface area contributed by atoms with Gasteiger partial charge in [-0.3, -0.25) is 0 Å². The molecule has 0 spiro atoms. The largest absolute Gasteiger partial charge is 0.388 e. The summed E-state index contributed by atoms with van der Waals surface area (Å²) in [4.78, 5) is 0. The lowest BCUT2D eigenvalue weighted by molar-refractivity contribution is 0.156. The van der Waals surface area contributed by atoms with E-state index in [1.54, 1.807) is 0 Å². The Morgan fingerprint density at radius 3 is 3.06 bits per heavy atom. The number of nitrogens with one attached hydrogen (secondary N) is 1. The molecule has 2 atom stereocenters. The molecule has 0 saturated carbocycles. The highest BCUT2D eigenvalue weighted by molar-refractivity contribution is 5.72. The van der Waals surface area contributed by atoms with E-state index in [0.717, 1.165) is 32.4 Å².